The summed E-state index contributed by atoms with van der Waals surface area (Å²) < 4.78 is 4.48. The lowest BCUT2D eigenvalue weighted by atomic mass is 11.1. The maximum absolute atomic E-state index is 9.61. The molecule has 0 aliphatic heterocycles. The Morgan fingerprint density at radius 3 is 1.91 bits per heavy atom. The second-order valence-electron chi connectivity index (χ2n) is 1.27. The highest BCUT2D eigenvalue weighted by molar-refractivity contribution is 5.42. The van der Waals surface area contributed by atoms with Gasteiger partial charge in [-0.05, 0) is 0 Å². The van der Waals surface area contributed by atoms with E-state index in [1.54, 1.807) is 0 Å². The molecular weight excluding hydrogens is 152 g/mol. The Labute approximate surface area is 59.5 Å². The van der Waals surface area contributed by atoms with Gasteiger partial charge in [-0.25, -0.2) is 9.59 Å². The maximum atomic E-state index is 9.61. The molecule has 0 spiro atoms. The quantitative estimate of drug-likeness (QED) is 0.438. The van der Waals surface area contributed by atoms with Gasteiger partial charge in [-0.1, -0.05) is 10.2 Å². The third-order valence-electron chi connectivity index (χ3n) is 0.686. The molecule has 7 heteroatoms. The van der Waals surface area contributed by atoms with Gasteiger partial charge in [0.25, 0.3) is 0 Å². The van der Waals surface area contributed by atoms with Crippen molar-refractivity contribution >= 4 is 24.2 Å². The molecule has 0 atom stereocenters. The Morgan fingerprint density at radius 2 is 1.55 bits per heavy atom. The molecule has 0 radical (unpaired) electrons. The van der Waals surface area contributed by atoms with Crippen molar-refractivity contribution in [2.24, 2.45) is 9.98 Å². The van der Waals surface area contributed by atoms with Gasteiger partial charge in [0, 0.05) is 0 Å². The molecule has 1 heterocycles. The Kier molecular flexibility index (Phi) is 2.02. The normalized spacial score (nSPS) is 8.00. The average Bonchev–Trinajstić information content (AvgIpc) is 2.38. The van der Waals surface area contributed by atoms with Gasteiger partial charge in [0.1, 0.15) is 0 Å². The van der Waals surface area contributed by atoms with E-state index in [1.807, 2.05) is 0 Å². The first kappa shape index (κ1) is 7.01. The summed E-state index contributed by atoms with van der Waals surface area (Å²) in [5, 5.41) is 6.41. The van der Waals surface area contributed by atoms with Crippen LogP contribution in [0.25, 0.3) is 0 Å². The van der Waals surface area contributed by atoms with Crippen LogP contribution in [-0.4, -0.2) is 22.4 Å². The first-order chi connectivity index (χ1) is 5.36. The molecule has 0 aliphatic rings. The zero-order valence-corrected chi connectivity index (χ0v) is 5.01. The summed E-state index contributed by atoms with van der Waals surface area (Å²) in [5.74, 6) is 0. The Bertz CT molecular complexity index is 311. The standard InChI is InChI=1S/C4N4O3/c9-1-5-3-7-8-4(11-3)6-2-10. The number of rotatable bonds is 2. The lowest BCUT2D eigenvalue weighted by Crippen LogP contribution is -1.63. The van der Waals surface area contributed by atoms with Crippen molar-refractivity contribution in [1.29, 1.82) is 0 Å². The van der Waals surface area contributed by atoms with Crippen molar-refractivity contribution in [2.45, 2.75) is 0 Å². The molecule has 0 N–H and O–H groups in total. The fourth-order valence-corrected chi connectivity index (χ4v) is 0.376. The van der Waals surface area contributed by atoms with Gasteiger partial charge in [0.05, 0.1) is 0 Å². The van der Waals surface area contributed by atoms with E-state index < -0.39 is 0 Å². The van der Waals surface area contributed by atoms with Crippen LogP contribution < -0.4 is 0 Å². The van der Waals surface area contributed by atoms with Gasteiger partial charge in [0.2, 0.25) is 12.2 Å². The summed E-state index contributed by atoms with van der Waals surface area (Å²) in [6.07, 6.45) is 2.36. The number of hydrogen-bond donors (Lipinski definition) is 0. The van der Waals surface area contributed by atoms with Crippen LogP contribution in [-0.2, 0) is 9.59 Å². The van der Waals surface area contributed by atoms with Crippen LogP contribution in [0.5, 0.6) is 0 Å². The molecule has 7 nitrogen and oxygen atoms in total. The number of hydrogen-bond acceptors (Lipinski definition) is 7. The van der Waals surface area contributed by atoms with Crippen LogP contribution in [0.15, 0.2) is 14.4 Å². The minimum atomic E-state index is -0.297. The van der Waals surface area contributed by atoms with Crippen molar-refractivity contribution < 1.29 is 14.0 Å². The predicted molar refractivity (Wildman–Crippen MR) is 29.9 cm³/mol. The number of isocyanates is 2. The van der Waals surface area contributed by atoms with Gasteiger partial charge < -0.3 is 4.42 Å². The van der Waals surface area contributed by atoms with E-state index in [0.717, 1.165) is 0 Å². The smallest absolute Gasteiger partial charge is 0.355 e. The molecule has 0 saturated heterocycles. The molecule has 1 aromatic rings. The van der Waals surface area contributed by atoms with Crippen molar-refractivity contribution in [2.75, 3.05) is 0 Å². The van der Waals surface area contributed by atoms with Crippen LogP contribution in [0.1, 0.15) is 0 Å². The van der Waals surface area contributed by atoms with Gasteiger partial charge in [0.15, 0.2) is 0 Å². The minimum Gasteiger partial charge on any atom is -0.385 e. The van der Waals surface area contributed by atoms with Crippen molar-refractivity contribution in [3.05, 3.63) is 0 Å². The first-order valence-electron chi connectivity index (χ1n) is 2.36. The summed E-state index contributed by atoms with van der Waals surface area (Å²) in [6.45, 7) is 0. The maximum Gasteiger partial charge on any atom is 0.355 e. The molecule has 0 saturated carbocycles. The molecule has 0 bridgehead atoms. The first-order valence-corrected chi connectivity index (χ1v) is 2.36. The molecule has 0 amide bonds. The topological polar surface area (TPSA) is 97.8 Å². The van der Waals surface area contributed by atoms with Crippen LogP contribution in [0, 0.1) is 0 Å². The Morgan fingerprint density at radius 1 is 1.09 bits per heavy atom. The predicted octanol–water partition coefficient (Wildman–Crippen LogP) is 0.00420. The summed E-state index contributed by atoms with van der Waals surface area (Å²) in [7, 11) is 0. The third-order valence-corrected chi connectivity index (χ3v) is 0.686. The van der Waals surface area contributed by atoms with E-state index >= 15 is 0 Å². The summed E-state index contributed by atoms with van der Waals surface area (Å²) in [4.78, 5) is 25.2. The van der Waals surface area contributed by atoms with Crippen molar-refractivity contribution in [1.82, 2.24) is 10.2 Å². The summed E-state index contributed by atoms with van der Waals surface area (Å²) in [5.41, 5.74) is 0. The van der Waals surface area contributed by atoms with E-state index in [0.29, 0.717) is 0 Å². The zero-order valence-electron chi connectivity index (χ0n) is 5.01. The number of carbonyl (C=O) groups excluding carboxylic acids is 2. The Balaban J connectivity index is 2.98. The van der Waals surface area contributed by atoms with Crippen LogP contribution in [0.2, 0.25) is 0 Å². The van der Waals surface area contributed by atoms with Crippen LogP contribution >= 0.6 is 0 Å². The van der Waals surface area contributed by atoms with Gasteiger partial charge in [-0.15, -0.1) is 9.98 Å². The molecule has 54 valence electrons. The van der Waals surface area contributed by atoms with Gasteiger partial charge in [-0.3, -0.25) is 0 Å². The highest BCUT2D eigenvalue weighted by Gasteiger charge is 2.00. The Hall–Kier alpha value is -2.10. The van der Waals surface area contributed by atoms with E-state index in [-0.39, 0.29) is 12.0 Å². The SMILES string of the molecule is O=C=Nc1nnc(N=C=O)o1. The van der Waals surface area contributed by atoms with E-state index in [9.17, 15) is 9.59 Å². The van der Waals surface area contributed by atoms with Gasteiger partial charge in [-0.2, -0.15) is 0 Å². The number of nitrogens with zero attached hydrogens (tertiary/aromatic N) is 4. The second kappa shape index (κ2) is 3.17. The van der Waals surface area contributed by atoms with Crippen molar-refractivity contribution in [3.8, 4) is 0 Å². The molecule has 11 heavy (non-hydrogen) atoms. The largest absolute Gasteiger partial charge is 0.385 e. The zero-order chi connectivity index (χ0) is 8.10. The molecular formula is C4N4O3. The average molecular weight is 152 g/mol. The number of aromatic nitrogens is 2. The fraction of sp³-hybridized carbons (Fsp3) is 0. The lowest BCUT2D eigenvalue weighted by molar-refractivity contribution is 0.548. The third kappa shape index (κ3) is 1.65. The monoisotopic (exact) mass is 152 g/mol. The molecule has 1 aromatic heterocycles. The van der Waals surface area contributed by atoms with Gasteiger partial charge >= 0.3 is 12.0 Å². The fourth-order valence-electron chi connectivity index (χ4n) is 0.376. The molecule has 0 unspecified atom stereocenters. The van der Waals surface area contributed by atoms with E-state index in [4.69, 9.17) is 0 Å². The van der Waals surface area contributed by atoms with Crippen LogP contribution in [0.3, 0.4) is 0 Å². The summed E-state index contributed by atoms with van der Waals surface area (Å²) >= 11 is 0. The second-order valence-corrected chi connectivity index (χ2v) is 1.27. The molecule has 0 aromatic carbocycles. The minimum absolute atomic E-state index is 0.297. The van der Waals surface area contributed by atoms with Crippen molar-refractivity contribution in [3.63, 3.8) is 0 Å². The summed E-state index contributed by atoms with van der Waals surface area (Å²) in [6, 6.07) is -0.594. The van der Waals surface area contributed by atoms with Crippen LogP contribution in [0.4, 0.5) is 12.0 Å². The highest BCUT2D eigenvalue weighted by atomic mass is 16.4. The van der Waals surface area contributed by atoms with E-state index in [1.165, 1.54) is 12.2 Å². The van der Waals surface area contributed by atoms with E-state index in [2.05, 4.69) is 24.6 Å². The molecule has 1 rings (SSSR count). The molecule has 0 fully saturated rings. The number of aliphatic imine (C=N–C) groups is 2. The highest BCUT2D eigenvalue weighted by Crippen LogP contribution is 2.13. The lowest BCUT2D eigenvalue weighted by Gasteiger charge is -1.70. The molecule has 0 aliphatic carbocycles.